The normalized spacial score (nSPS) is 13.7. The standard InChI is InChI=1S/C48H36S/c1-28(2)30-22-23-33-37(26-30)43(29-14-6-5-7-15-29)31-16-8-9-17-32(31)44(33)38-27-42-46(36-19-11-13-21-41(36)49-42)47-34(38)24-25-40-45(47)35-18-10-12-20-39(35)48(40,3)4/h5-28H,1-4H3. The van der Waals surface area contributed by atoms with Gasteiger partial charge in [-0.15, -0.1) is 11.3 Å². The topological polar surface area (TPSA) is 0 Å². The largest absolute Gasteiger partial charge is 0.135 e. The van der Waals surface area contributed by atoms with Crippen LogP contribution in [0.2, 0.25) is 0 Å². The van der Waals surface area contributed by atoms with Gasteiger partial charge in [0, 0.05) is 25.6 Å². The van der Waals surface area contributed by atoms with E-state index in [1.54, 1.807) is 0 Å². The van der Waals surface area contributed by atoms with E-state index in [4.69, 9.17) is 0 Å². The summed E-state index contributed by atoms with van der Waals surface area (Å²) in [5.41, 5.74) is 12.1. The Morgan fingerprint density at radius 1 is 0.449 bits per heavy atom. The predicted molar refractivity (Wildman–Crippen MR) is 214 cm³/mol. The number of thiophene rings is 1. The van der Waals surface area contributed by atoms with Gasteiger partial charge >= 0.3 is 0 Å². The summed E-state index contributed by atoms with van der Waals surface area (Å²) in [7, 11) is 0. The van der Waals surface area contributed by atoms with E-state index in [1.165, 1.54) is 103 Å². The van der Waals surface area contributed by atoms with Gasteiger partial charge in [0.05, 0.1) is 0 Å². The molecule has 1 aliphatic rings. The van der Waals surface area contributed by atoms with Crippen molar-refractivity contribution < 1.29 is 0 Å². The summed E-state index contributed by atoms with van der Waals surface area (Å²) >= 11 is 1.93. The molecular weight excluding hydrogens is 609 g/mol. The summed E-state index contributed by atoms with van der Waals surface area (Å²) in [4.78, 5) is 0. The van der Waals surface area contributed by atoms with Crippen molar-refractivity contribution in [2.75, 3.05) is 0 Å². The zero-order chi connectivity index (χ0) is 33.0. The lowest BCUT2D eigenvalue weighted by Crippen LogP contribution is -2.14. The van der Waals surface area contributed by atoms with Crippen LogP contribution in [0.15, 0.2) is 140 Å². The van der Waals surface area contributed by atoms with Crippen LogP contribution >= 0.6 is 11.3 Å². The highest BCUT2D eigenvalue weighted by atomic mass is 32.1. The van der Waals surface area contributed by atoms with Gasteiger partial charge in [0.1, 0.15) is 0 Å². The summed E-state index contributed by atoms with van der Waals surface area (Å²) < 4.78 is 2.69. The number of hydrogen-bond donors (Lipinski definition) is 0. The number of rotatable bonds is 3. The molecule has 0 atom stereocenters. The van der Waals surface area contributed by atoms with Crippen LogP contribution in [0.5, 0.6) is 0 Å². The van der Waals surface area contributed by atoms with E-state index in [9.17, 15) is 0 Å². The smallest absolute Gasteiger partial charge is 0.0368 e. The van der Waals surface area contributed by atoms with Crippen molar-refractivity contribution in [1.29, 1.82) is 0 Å². The SMILES string of the molecule is CC(C)c1ccc2c(-c3cc4sc5ccccc5c4c4c5c(ccc34)C(C)(C)c3ccccc3-5)c3ccccc3c(-c3ccccc3)c2c1. The molecule has 8 aromatic carbocycles. The van der Waals surface area contributed by atoms with Gasteiger partial charge in [-0.25, -0.2) is 0 Å². The van der Waals surface area contributed by atoms with E-state index in [2.05, 4.69) is 167 Å². The summed E-state index contributed by atoms with van der Waals surface area (Å²) in [6, 6.07) is 52.8. The molecule has 0 unspecified atom stereocenters. The zero-order valence-corrected chi connectivity index (χ0v) is 29.1. The van der Waals surface area contributed by atoms with E-state index in [0.717, 1.165) is 0 Å². The fourth-order valence-electron chi connectivity index (χ4n) is 8.88. The molecule has 234 valence electrons. The highest BCUT2D eigenvalue weighted by Crippen LogP contribution is 2.56. The van der Waals surface area contributed by atoms with Gasteiger partial charge in [-0.1, -0.05) is 155 Å². The van der Waals surface area contributed by atoms with Crippen LogP contribution in [0.3, 0.4) is 0 Å². The average molecular weight is 645 g/mol. The van der Waals surface area contributed by atoms with Gasteiger partial charge in [0.25, 0.3) is 0 Å². The highest BCUT2D eigenvalue weighted by Gasteiger charge is 2.37. The second-order valence-corrected chi connectivity index (χ2v) is 15.7. The molecule has 0 aliphatic heterocycles. The van der Waals surface area contributed by atoms with Gasteiger partial charge in [-0.05, 0) is 100 Å². The van der Waals surface area contributed by atoms with Crippen molar-refractivity contribution in [3.8, 4) is 33.4 Å². The zero-order valence-electron chi connectivity index (χ0n) is 28.3. The molecule has 10 rings (SSSR count). The second-order valence-electron chi connectivity index (χ2n) is 14.6. The first-order chi connectivity index (χ1) is 23.9. The van der Waals surface area contributed by atoms with Crippen LogP contribution < -0.4 is 0 Å². The molecule has 49 heavy (non-hydrogen) atoms. The second kappa shape index (κ2) is 10.4. The summed E-state index contributed by atoms with van der Waals surface area (Å²) in [6.07, 6.45) is 0. The Morgan fingerprint density at radius 3 is 1.90 bits per heavy atom. The first-order valence-corrected chi connectivity index (χ1v) is 18.3. The first-order valence-electron chi connectivity index (χ1n) is 17.5. The van der Waals surface area contributed by atoms with Crippen molar-refractivity contribution in [3.63, 3.8) is 0 Å². The van der Waals surface area contributed by atoms with Crippen molar-refractivity contribution in [1.82, 2.24) is 0 Å². The molecule has 1 aliphatic carbocycles. The molecule has 1 aromatic heterocycles. The van der Waals surface area contributed by atoms with Crippen LogP contribution in [-0.2, 0) is 5.41 Å². The Labute approximate surface area is 291 Å². The maximum Gasteiger partial charge on any atom is 0.0368 e. The monoisotopic (exact) mass is 644 g/mol. The molecule has 0 radical (unpaired) electrons. The molecule has 0 saturated carbocycles. The molecule has 0 bridgehead atoms. The van der Waals surface area contributed by atoms with E-state index >= 15 is 0 Å². The minimum atomic E-state index is -0.0712. The molecule has 1 heteroatoms. The van der Waals surface area contributed by atoms with Gasteiger partial charge in [-0.3, -0.25) is 0 Å². The van der Waals surface area contributed by atoms with Crippen molar-refractivity contribution in [3.05, 3.63) is 156 Å². The lowest BCUT2D eigenvalue weighted by Gasteiger charge is -2.23. The Kier molecular flexibility index (Phi) is 6.09. The maximum absolute atomic E-state index is 2.51. The summed E-state index contributed by atoms with van der Waals surface area (Å²) in [5, 5.41) is 10.7. The minimum absolute atomic E-state index is 0.0712. The molecule has 0 fully saturated rings. The Hall–Kier alpha value is -5.24. The van der Waals surface area contributed by atoms with Gasteiger partial charge in [0.2, 0.25) is 0 Å². The minimum Gasteiger partial charge on any atom is -0.135 e. The first kappa shape index (κ1) is 28.7. The maximum atomic E-state index is 2.51. The predicted octanol–water partition coefficient (Wildman–Crippen LogP) is 14.3. The molecule has 0 nitrogen and oxygen atoms in total. The molecule has 0 N–H and O–H groups in total. The molecule has 9 aromatic rings. The summed E-state index contributed by atoms with van der Waals surface area (Å²) in [5.74, 6) is 0.435. The van der Waals surface area contributed by atoms with Crippen LogP contribution in [0.1, 0.15) is 50.3 Å². The van der Waals surface area contributed by atoms with Crippen LogP contribution in [-0.4, -0.2) is 0 Å². The fourth-order valence-corrected chi connectivity index (χ4v) is 10.0. The number of fused-ring (bicyclic) bond motifs is 11. The molecule has 0 spiro atoms. The Balaban J connectivity index is 1.44. The molecule has 0 amide bonds. The van der Waals surface area contributed by atoms with Crippen LogP contribution in [0.4, 0.5) is 0 Å². The van der Waals surface area contributed by atoms with E-state index < -0.39 is 0 Å². The van der Waals surface area contributed by atoms with E-state index in [-0.39, 0.29) is 5.41 Å². The number of benzene rings is 8. The lowest BCUT2D eigenvalue weighted by atomic mass is 9.80. The van der Waals surface area contributed by atoms with Crippen LogP contribution in [0.25, 0.3) is 85.9 Å². The van der Waals surface area contributed by atoms with Gasteiger partial charge in [-0.2, -0.15) is 0 Å². The Morgan fingerprint density at radius 2 is 1.10 bits per heavy atom. The van der Waals surface area contributed by atoms with Crippen LogP contribution in [0, 0.1) is 0 Å². The third-order valence-corrected chi connectivity index (χ3v) is 12.4. The average Bonchev–Trinajstić information content (AvgIpc) is 3.62. The third kappa shape index (κ3) is 3.97. The quantitative estimate of drug-likeness (QED) is 0.168. The molecule has 0 saturated heterocycles. The van der Waals surface area contributed by atoms with Crippen molar-refractivity contribution in [2.24, 2.45) is 0 Å². The highest BCUT2D eigenvalue weighted by molar-refractivity contribution is 7.26. The van der Waals surface area contributed by atoms with Gasteiger partial charge in [0.15, 0.2) is 0 Å². The molecule has 1 heterocycles. The lowest BCUT2D eigenvalue weighted by molar-refractivity contribution is 0.661. The fraction of sp³-hybridized carbons (Fsp3) is 0.125. The van der Waals surface area contributed by atoms with Gasteiger partial charge < -0.3 is 0 Å². The van der Waals surface area contributed by atoms with Crippen molar-refractivity contribution >= 4 is 63.8 Å². The van der Waals surface area contributed by atoms with E-state index in [1.807, 2.05) is 11.3 Å². The van der Waals surface area contributed by atoms with Crippen molar-refractivity contribution in [2.45, 2.75) is 39.0 Å². The van der Waals surface area contributed by atoms with E-state index in [0.29, 0.717) is 5.92 Å². The number of hydrogen-bond acceptors (Lipinski definition) is 1. The Bertz CT molecular complexity index is 2810. The molecular formula is C48H36S. The third-order valence-electron chi connectivity index (χ3n) is 11.2. The summed E-state index contributed by atoms with van der Waals surface area (Å²) in [6.45, 7) is 9.39.